The summed E-state index contributed by atoms with van der Waals surface area (Å²) in [6, 6.07) is 0. The van der Waals surface area contributed by atoms with E-state index in [2.05, 4.69) is 6.92 Å². The zero-order valence-electron chi connectivity index (χ0n) is 13.9. The van der Waals surface area contributed by atoms with E-state index in [0.29, 0.717) is 38.4 Å². The maximum atomic E-state index is 12.4. The van der Waals surface area contributed by atoms with Crippen molar-refractivity contribution in [3.63, 3.8) is 0 Å². The number of fused-ring (bicyclic) bond motifs is 3. The molecule has 5 atom stereocenters. The van der Waals surface area contributed by atoms with Crippen LogP contribution in [0.2, 0.25) is 0 Å². The first-order valence-electron chi connectivity index (χ1n) is 8.45. The topological polar surface area (TPSA) is 71.1 Å². The minimum atomic E-state index is -0.294. The van der Waals surface area contributed by atoms with Gasteiger partial charge in [-0.1, -0.05) is 6.92 Å². The fourth-order valence-corrected chi connectivity index (χ4v) is 4.64. The summed E-state index contributed by atoms with van der Waals surface area (Å²) >= 11 is 0. The lowest BCUT2D eigenvalue weighted by atomic mass is 9.52. The molecular weight excluding hydrogens is 300 g/mol. The molecule has 1 heterocycles. The van der Waals surface area contributed by atoms with Crippen LogP contribution in [0.3, 0.4) is 0 Å². The van der Waals surface area contributed by atoms with Gasteiger partial charge in [0, 0.05) is 25.4 Å². The largest absolute Gasteiger partial charge is 0.465 e. The summed E-state index contributed by atoms with van der Waals surface area (Å²) in [5.41, 5.74) is -0.136. The Balaban J connectivity index is 1.70. The molecule has 0 spiro atoms. The molecule has 2 saturated carbocycles. The molecule has 2 aliphatic carbocycles. The van der Waals surface area contributed by atoms with Gasteiger partial charge in [0.1, 0.15) is 12.6 Å². The van der Waals surface area contributed by atoms with Crippen LogP contribution in [0.15, 0.2) is 0 Å². The molecule has 0 aromatic rings. The molecule has 0 amide bonds. The smallest absolute Gasteiger partial charge is 0.312 e. The van der Waals surface area contributed by atoms with E-state index in [1.54, 1.807) is 7.11 Å². The summed E-state index contributed by atoms with van der Waals surface area (Å²) in [5, 5.41) is 0. The first-order chi connectivity index (χ1) is 11.1. The van der Waals surface area contributed by atoms with Gasteiger partial charge in [0.15, 0.2) is 0 Å². The van der Waals surface area contributed by atoms with Crippen LogP contribution in [0, 0.1) is 23.2 Å². The summed E-state index contributed by atoms with van der Waals surface area (Å²) in [5.74, 6) is -0.105. The molecule has 3 rings (SSSR count). The van der Waals surface area contributed by atoms with Crippen molar-refractivity contribution in [2.45, 2.75) is 38.7 Å². The molecule has 23 heavy (non-hydrogen) atoms. The van der Waals surface area contributed by atoms with Gasteiger partial charge in [-0.25, -0.2) is 0 Å². The van der Waals surface area contributed by atoms with Crippen LogP contribution in [0.5, 0.6) is 0 Å². The predicted molar refractivity (Wildman–Crippen MR) is 80.6 cm³/mol. The molecule has 0 aromatic heterocycles. The highest BCUT2D eigenvalue weighted by Crippen LogP contribution is 2.56. The molecular formula is C17H26O6. The van der Waals surface area contributed by atoms with E-state index in [9.17, 15) is 9.59 Å². The molecule has 3 fully saturated rings. The molecule has 130 valence electrons. The number of cyclic esters (lactones) is 1. The van der Waals surface area contributed by atoms with E-state index in [-0.39, 0.29) is 42.0 Å². The molecule has 1 saturated heterocycles. The number of carbonyl (C=O) groups excluding carboxylic acids is 2. The van der Waals surface area contributed by atoms with Crippen molar-refractivity contribution in [1.82, 2.24) is 0 Å². The number of ether oxygens (including phenoxy) is 4. The van der Waals surface area contributed by atoms with Gasteiger partial charge in [-0.3, -0.25) is 9.59 Å². The Hall–Kier alpha value is -0.980. The average molecular weight is 326 g/mol. The molecule has 0 bridgehead atoms. The Bertz CT molecular complexity index is 464. The monoisotopic (exact) mass is 326 g/mol. The third-order valence-corrected chi connectivity index (χ3v) is 5.95. The number of ketones is 1. The summed E-state index contributed by atoms with van der Waals surface area (Å²) < 4.78 is 21.4. The van der Waals surface area contributed by atoms with Crippen LogP contribution in [0.1, 0.15) is 32.6 Å². The minimum Gasteiger partial charge on any atom is -0.465 e. The van der Waals surface area contributed by atoms with E-state index >= 15 is 0 Å². The molecule has 0 radical (unpaired) electrons. The maximum absolute atomic E-state index is 12.4. The maximum Gasteiger partial charge on any atom is 0.312 e. The fraction of sp³-hybridized carbons (Fsp3) is 0.882. The van der Waals surface area contributed by atoms with E-state index in [1.807, 2.05) is 0 Å². The van der Waals surface area contributed by atoms with Crippen molar-refractivity contribution in [3.05, 3.63) is 0 Å². The number of hydrogen-bond donors (Lipinski definition) is 0. The first kappa shape index (κ1) is 16.9. The molecule has 0 aromatic carbocycles. The van der Waals surface area contributed by atoms with Crippen LogP contribution >= 0.6 is 0 Å². The summed E-state index contributed by atoms with van der Waals surface area (Å²) in [6.07, 6.45) is 2.84. The first-order valence-corrected chi connectivity index (χ1v) is 8.45. The zero-order chi connectivity index (χ0) is 16.4. The third-order valence-electron chi connectivity index (χ3n) is 5.95. The SMILES string of the molecule is COCCOCO[C@H]1C[C@H]2C(=O)CCC[C@]2(C)[C@H]2COC(=O)[C@@H]12. The van der Waals surface area contributed by atoms with Gasteiger partial charge in [-0.05, 0) is 24.7 Å². The molecule has 6 nitrogen and oxygen atoms in total. The number of rotatable bonds is 6. The van der Waals surface area contributed by atoms with Crippen LogP contribution in [-0.2, 0) is 28.5 Å². The Kier molecular flexibility index (Phi) is 5.04. The Labute approximate surface area is 136 Å². The third kappa shape index (κ3) is 3.04. The van der Waals surface area contributed by atoms with Gasteiger partial charge < -0.3 is 18.9 Å². The minimum absolute atomic E-state index is 0.0315. The summed E-state index contributed by atoms with van der Waals surface area (Å²) in [4.78, 5) is 24.6. The van der Waals surface area contributed by atoms with Crippen molar-refractivity contribution in [3.8, 4) is 0 Å². The average Bonchev–Trinajstić information content (AvgIpc) is 2.92. The van der Waals surface area contributed by atoms with Gasteiger partial charge in [0.2, 0.25) is 0 Å². The van der Waals surface area contributed by atoms with Crippen LogP contribution in [0.4, 0.5) is 0 Å². The normalized spacial score (nSPS) is 39.7. The number of Topliss-reactive ketones (excluding diaryl/α,β-unsaturated/α-hetero) is 1. The highest BCUT2D eigenvalue weighted by molar-refractivity contribution is 5.84. The highest BCUT2D eigenvalue weighted by atomic mass is 16.7. The van der Waals surface area contributed by atoms with Gasteiger partial charge in [-0.15, -0.1) is 0 Å². The van der Waals surface area contributed by atoms with Crippen LogP contribution in [-0.4, -0.2) is 51.6 Å². The molecule has 1 aliphatic heterocycles. The Morgan fingerprint density at radius 1 is 1.30 bits per heavy atom. The summed E-state index contributed by atoms with van der Waals surface area (Å²) in [6.45, 7) is 3.62. The van der Waals surface area contributed by atoms with Gasteiger partial charge in [0.25, 0.3) is 0 Å². The number of carbonyl (C=O) groups is 2. The van der Waals surface area contributed by atoms with Crippen molar-refractivity contribution in [1.29, 1.82) is 0 Å². The van der Waals surface area contributed by atoms with E-state index in [1.165, 1.54) is 0 Å². The molecule has 6 heteroatoms. The Morgan fingerprint density at radius 3 is 2.91 bits per heavy atom. The fourth-order valence-electron chi connectivity index (χ4n) is 4.64. The van der Waals surface area contributed by atoms with Crippen LogP contribution < -0.4 is 0 Å². The lowest BCUT2D eigenvalue weighted by molar-refractivity contribution is -0.174. The van der Waals surface area contributed by atoms with Crippen molar-refractivity contribution in [2.24, 2.45) is 23.2 Å². The van der Waals surface area contributed by atoms with Crippen LogP contribution in [0.25, 0.3) is 0 Å². The standard InChI is InChI=1S/C17H26O6/c1-17-5-3-4-13(18)11(17)8-14(23-10-21-7-6-20-2)15-12(17)9-22-16(15)19/h11-12,14-15H,3-10H2,1-2H3/t11-,12-,14-,15+,17-/m0/s1. The zero-order valence-corrected chi connectivity index (χ0v) is 13.9. The number of hydrogen-bond acceptors (Lipinski definition) is 6. The second-order valence-corrected chi connectivity index (χ2v) is 7.10. The highest BCUT2D eigenvalue weighted by Gasteiger charge is 2.60. The second kappa shape index (κ2) is 6.87. The van der Waals surface area contributed by atoms with Gasteiger partial charge in [-0.2, -0.15) is 0 Å². The van der Waals surface area contributed by atoms with Crippen molar-refractivity contribution < 1.29 is 28.5 Å². The van der Waals surface area contributed by atoms with Gasteiger partial charge >= 0.3 is 5.97 Å². The quantitative estimate of drug-likeness (QED) is 0.419. The van der Waals surface area contributed by atoms with Crippen molar-refractivity contribution in [2.75, 3.05) is 33.7 Å². The predicted octanol–water partition coefficient (Wildman–Crippen LogP) is 1.56. The lowest BCUT2D eigenvalue weighted by Crippen LogP contribution is -2.54. The van der Waals surface area contributed by atoms with Gasteiger partial charge in [0.05, 0.1) is 31.8 Å². The second-order valence-electron chi connectivity index (χ2n) is 7.10. The lowest BCUT2D eigenvalue weighted by Gasteiger charge is -2.51. The Morgan fingerprint density at radius 2 is 2.13 bits per heavy atom. The van der Waals surface area contributed by atoms with Crippen molar-refractivity contribution >= 4 is 11.8 Å². The number of methoxy groups -OCH3 is 1. The molecule has 0 unspecified atom stereocenters. The number of esters is 1. The summed E-state index contributed by atoms with van der Waals surface area (Å²) in [7, 11) is 1.61. The molecule has 0 N–H and O–H groups in total. The van der Waals surface area contributed by atoms with E-state index in [0.717, 1.165) is 12.8 Å². The molecule has 3 aliphatic rings. The van der Waals surface area contributed by atoms with E-state index in [4.69, 9.17) is 18.9 Å². The van der Waals surface area contributed by atoms with E-state index < -0.39 is 0 Å².